The molecule has 0 N–H and O–H groups in total. The summed E-state index contributed by atoms with van der Waals surface area (Å²) in [5, 5.41) is 9.33. The minimum atomic E-state index is -8.69. The van der Waals surface area contributed by atoms with Gasteiger partial charge in [0.1, 0.15) is 0 Å². The molecule has 0 aliphatic rings. The molecule has 0 radical (unpaired) electrons. The van der Waals surface area contributed by atoms with Gasteiger partial charge < -0.3 is 0 Å². The van der Waals surface area contributed by atoms with Gasteiger partial charge in [-0.05, 0) is 25.0 Å². The van der Waals surface area contributed by atoms with Crippen LogP contribution in [0.15, 0.2) is 39.6 Å². The zero-order chi connectivity index (χ0) is 16.4. The molecule has 0 fully saturated rings. The first-order valence-electron chi connectivity index (χ1n) is 6.01. The Bertz CT molecular complexity index is 582. The number of hydrogen-bond donors (Lipinski definition) is 0. The molecule has 1 aromatic carbocycles. The van der Waals surface area contributed by atoms with Crippen LogP contribution in [-0.4, -0.2) is 4.92 Å². The Morgan fingerprint density at radius 2 is 1.81 bits per heavy atom. The third-order valence-electron chi connectivity index (χ3n) is 2.67. The van der Waals surface area contributed by atoms with E-state index in [1.807, 2.05) is 0 Å². The van der Waals surface area contributed by atoms with E-state index in [0.717, 1.165) is 0 Å². The number of nitro groups is 1. The summed E-state index contributed by atoms with van der Waals surface area (Å²) in [6.07, 6.45) is 0.950. The van der Waals surface area contributed by atoms with E-state index >= 15 is 0 Å². The Labute approximate surface area is 124 Å². The Kier molecular flexibility index (Phi) is 4.37. The summed E-state index contributed by atoms with van der Waals surface area (Å²) in [5.74, 6) is 0. The van der Waals surface area contributed by atoms with E-state index in [-0.39, 0.29) is 6.42 Å². The van der Waals surface area contributed by atoms with Crippen molar-refractivity contribution in [1.82, 2.24) is 0 Å². The molecule has 1 aromatic rings. The number of non-ortho nitro benzene ring substituents is 1. The second kappa shape index (κ2) is 5.17. The molecule has 0 aliphatic carbocycles. The van der Waals surface area contributed by atoms with Crippen LogP contribution in [0.25, 0.3) is 0 Å². The van der Waals surface area contributed by atoms with Crippen LogP contribution in [-0.2, 0) is 0 Å². The second-order valence-corrected chi connectivity index (χ2v) is 8.01. The molecule has 0 spiro atoms. The van der Waals surface area contributed by atoms with Gasteiger partial charge in [0, 0.05) is 17.2 Å². The predicted molar refractivity (Wildman–Crippen MR) is 76.8 cm³/mol. The Hall–Kier alpha value is -1.28. The van der Waals surface area contributed by atoms with Gasteiger partial charge in [0.2, 0.25) is 9.84 Å². The Balaban J connectivity index is 3.28. The lowest BCUT2D eigenvalue weighted by molar-refractivity contribution is -0.384. The average molecular weight is 348 g/mol. The maximum absolute atomic E-state index is 14.0. The Morgan fingerprint density at radius 3 is 2.24 bits per heavy atom. The van der Waals surface area contributed by atoms with E-state index in [1.165, 1.54) is 0 Å². The zero-order valence-electron chi connectivity index (χ0n) is 11.1. The molecule has 0 atom stereocenters. The number of hydrogen-bond acceptors (Lipinski definition) is 2. The van der Waals surface area contributed by atoms with Crippen molar-refractivity contribution in [3.05, 3.63) is 44.8 Å². The maximum Gasteiger partial charge on any atom is 0.269 e. The minimum absolute atomic E-state index is 0.0767. The van der Waals surface area contributed by atoms with Crippen molar-refractivity contribution < 1.29 is 20.5 Å². The van der Waals surface area contributed by atoms with Crippen molar-refractivity contribution in [3.63, 3.8) is 0 Å². The van der Waals surface area contributed by atoms with Gasteiger partial charge in [0.05, 0.1) is 15.2 Å². The molecular weight excluding hydrogens is 334 g/mol. The molecule has 0 saturated heterocycles. The molecule has 0 aromatic heterocycles. The molecule has 0 unspecified atom stereocenters. The number of nitrogens with zero attached hydrogens (tertiary/aromatic N) is 1. The average Bonchev–Trinajstić information content (AvgIpc) is 2.34. The van der Waals surface area contributed by atoms with E-state index in [9.17, 15) is 25.7 Å². The van der Waals surface area contributed by atoms with E-state index in [1.54, 1.807) is 6.92 Å². The molecule has 3 nitrogen and oxygen atoms in total. The lowest BCUT2D eigenvalue weighted by Gasteiger charge is -2.47. The lowest BCUT2D eigenvalue weighted by atomic mass is 10.2. The first-order chi connectivity index (χ1) is 9.38. The minimum Gasteiger partial charge on any atom is -0.258 e. The smallest absolute Gasteiger partial charge is 0.258 e. The van der Waals surface area contributed by atoms with Crippen molar-refractivity contribution in [2.24, 2.45) is 0 Å². The Morgan fingerprint density at radius 1 is 1.29 bits per heavy atom. The fraction of sp³-hybridized carbons (Fsp3) is 0.333. The summed E-state index contributed by atoms with van der Waals surface area (Å²) in [5.41, 5.74) is -0.548. The van der Waals surface area contributed by atoms with Crippen LogP contribution in [0.5, 0.6) is 0 Å². The summed E-state index contributed by atoms with van der Waals surface area (Å²) in [6, 6.07) is 1.95. The predicted octanol–water partition coefficient (Wildman–Crippen LogP) is 6.64. The second-order valence-electron chi connectivity index (χ2n) is 4.55. The van der Waals surface area contributed by atoms with Crippen molar-refractivity contribution in [1.29, 1.82) is 0 Å². The van der Waals surface area contributed by atoms with Crippen molar-refractivity contribution in [2.75, 3.05) is 0 Å². The van der Waals surface area contributed by atoms with Gasteiger partial charge in [0.15, 0.2) is 0 Å². The number of benzene rings is 1. The van der Waals surface area contributed by atoms with Crippen LogP contribution in [0.3, 0.4) is 0 Å². The summed E-state index contributed by atoms with van der Waals surface area (Å²) in [7, 11) is -8.69. The topological polar surface area (TPSA) is 43.1 Å². The summed E-state index contributed by atoms with van der Waals surface area (Å²) in [6.45, 7) is 1.77. The van der Waals surface area contributed by atoms with Gasteiger partial charge in [-0.2, -0.15) is 0 Å². The number of unbranched alkanes of at least 4 members (excludes halogenated alkanes) is 1. The molecule has 0 amide bonds. The van der Waals surface area contributed by atoms with Crippen LogP contribution >= 0.6 is 21.4 Å². The molecule has 120 valence electrons. The van der Waals surface area contributed by atoms with Gasteiger partial charge >= 0.3 is 0 Å². The number of halogens is 5. The highest BCUT2D eigenvalue weighted by Gasteiger charge is 2.62. The molecule has 9 heteroatoms. The first-order valence-corrected chi connectivity index (χ1v) is 8.50. The van der Waals surface area contributed by atoms with Gasteiger partial charge in [-0.25, -0.2) is 0 Å². The van der Waals surface area contributed by atoms with Crippen molar-refractivity contribution in [3.8, 4) is 0 Å². The van der Waals surface area contributed by atoms with Crippen molar-refractivity contribution >= 4 is 27.1 Å². The fourth-order valence-electron chi connectivity index (χ4n) is 1.58. The largest absolute Gasteiger partial charge is 0.269 e. The van der Waals surface area contributed by atoms with Gasteiger partial charge in [0.25, 0.3) is 5.69 Å². The van der Waals surface area contributed by atoms with Gasteiger partial charge in [-0.15, -0.1) is 15.5 Å². The molecule has 0 heterocycles. The third kappa shape index (κ3) is 4.60. The highest BCUT2D eigenvalue weighted by Crippen LogP contribution is 3.02. The monoisotopic (exact) mass is 347 g/mol. The molecule has 21 heavy (non-hydrogen) atoms. The van der Waals surface area contributed by atoms with Crippen molar-refractivity contribution in [2.45, 2.75) is 31.1 Å². The van der Waals surface area contributed by atoms with Gasteiger partial charge in [-0.3, -0.25) is 10.1 Å². The van der Waals surface area contributed by atoms with Crippen LogP contribution < -0.4 is 0 Å². The van der Waals surface area contributed by atoms with E-state index in [4.69, 9.17) is 11.6 Å². The SMILES string of the molecule is CCCC/C(Cl)=C/S(F)(F)(F)(F)c1ccc([N+](=O)[O-])cc1. The quantitative estimate of drug-likeness (QED) is 0.329. The van der Waals surface area contributed by atoms with Crippen LogP contribution in [0.1, 0.15) is 26.2 Å². The first kappa shape index (κ1) is 17.8. The molecule has 1 rings (SSSR count). The number of nitro benzene ring substituents is 1. The van der Waals surface area contributed by atoms with E-state index in [0.29, 0.717) is 37.1 Å². The maximum atomic E-state index is 14.0. The molecule has 0 saturated carbocycles. The van der Waals surface area contributed by atoms with Crippen LogP contribution in [0.2, 0.25) is 0 Å². The molecule has 0 bridgehead atoms. The van der Waals surface area contributed by atoms with E-state index < -0.39 is 35.8 Å². The standard InChI is InChI=1S/C12H14ClF4NO2S/c1-2-3-4-10(13)9-21(14,15,16,17)12-7-5-11(6-8-12)18(19)20/h5-9H,2-4H2,1H3/b10-9-. The van der Waals surface area contributed by atoms with E-state index in [2.05, 4.69) is 0 Å². The number of rotatable bonds is 6. The highest BCUT2D eigenvalue weighted by molar-refractivity contribution is 8.52. The molecule has 0 aliphatic heterocycles. The summed E-state index contributed by atoms with van der Waals surface area (Å²) >= 11 is 5.48. The normalized spacial score (nSPS) is 16.2. The lowest BCUT2D eigenvalue weighted by Crippen LogP contribution is -2.11. The zero-order valence-corrected chi connectivity index (χ0v) is 12.6. The summed E-state index contributed by atoms with van der Waals surface area (Å²) < 4.78 is 56.0. The highest BCUT2D eigenvalue weighted by atomic mass is 35.5. The third-order valence-corrected chi connectivity index (χ3v) is 5.12. The van der Waals surface area contributed by atoms with Crippen LogP contribution in [0, 0.1) is 10.1 Å². The van der Waals surface area contributed by atoms with Gasteiger partial charge in [-0.1, -0.05) is 24.9 Å². The van der Waals surface area contributed by atoms with Crippen LogP contribution in [0.4, 0.5) is 21.2 Å². The summed E-state index contributed by atoms with van der Waals surface area (Å²) in [4.78, 5) is 8.00. The number of allylic oxidation sites excluding steroid dienone is 1. The molecular formula is C12H14ClF4NO2S. The fourth-order valence-corrected chi connectivity index (χ4v) is 3.73.